The average Bonchev–Trinajstić information content (AvgIpc) is 3.27. The number of piperazine rings is 1. The Labute approximate surface area is 163 Å². The van der Waals surface area contributed by atoms with Gasteiger partial charge in [-0.15, -0.1) is 36.2 Å². The van der Waals surface area contributed by atoms with Crippen molar-refractivity contribution in [1.82, 2.24) is 20.2 Å². The summed E-state index contributed by atoms with van der Waals surface area (Å²) in [6.07, 6.45) is 5.54. The Bertz CT molecular complexity index is 751. The minimum atomic E-state index is 0. The molecule has 3 aromatic rings. The second kappa shape index (κ2) is 9.31. The molecule has 0 aromatic carbocycles. The van der Waals surface area contributed by atoms with E-state index in [1.54, 1.807) is 17.6 Å². The van der Waals surface area contributed by atoms with Crippen LogP contribution in [0.25, 0.3) is 10.8 Å². The highest BCUT2D eigenvalue weighted by Crippen LogP contribution is 2.26. The first-order chi connectivity index (χ1) is 11.4. The van der Waals surface area contributed by atoms with Crippen LogP contribution in [0.1, 0.15) is 17.3 Å². The number of oxazole rings is 1. The third-order valence-electron chi connectivity index (χ3n) is 4.07. The van der Waals surface area contributed by atoms with E-state index in [-0.39, 0.29) is 24.8 Å². The molecule has 1 fully saturated rings. The number of hydrogen-bond donors (Lipinski definition) is 1. The van der Waals surface area contributed by atoms with E-state index in [2.05, 4.69) is 26.3 Å². The summed E-state index contributed by atoms with van der Waals surface area (Å²) < 4.78 is 5.64. The van der Waals surface area contributed by atoms with Gasteiger partial charge in [-0.05, 0) is 23.1 Å². The molecule has 0 radical (unpaired) electrons. The second-order valence-electron chi connectivity index (χ2n) is 5.60. The first-order valence-electron chi connectivity index (χ1n) is 7.73. The molecule has 1 saturated heterocycles. The van der Waals surface area contributed by atoms with Crippen molar-refractivity contribution in [3.63, 3.8) is 0 Å². The highest BCUT2D eigenvalue weighted by molar-refractivity contribution is 7.13. The van der Waals surface area contributed by atoms with Gasteiger partial charge in [0.05, 0.1) is 10.6 Å². The van der Waals surface area contributed by atoms with Crippen molar-refractivity contribution in [2.75, 3.05) is 19.6 Å². The van der Waals surface area contributed by atoms with Crippen molar-refractivity contribution in [2.24, 2.45) is 0 Å². The van der Waals surface area contributed by atoms with Crippen LogP contribution in [-0.4, -0.2) is 34.5 Å². The number of aromatic nitrogens is 2. The molecule has 0 bridgehead atoms. The van der Waals surface area contributed by atoms with Gasteiger partial charge in [-0.2, -0.15) is 0 Å². The van der Waals surface area contributed by atoms with E-state index in [1.807, 2.05) is 36.0 Å². The molecule has 1 aliphatic rings. The van der Waals surface area contributed by atoms with E-state index in [9.17, 15) is 0 Å². The zero-order valence-electron chi connectivity index (χ0n) is 13.5. The zero-order chi connectivity index (χ0) is 15.5. The standard InChI is InChI=1S/C17H18N4OS.2ClH/c1-3-13(9-18-5-1)15-10-19-6-7-21(15)11-14-12-22-17(20-14)16-4-2-8-23-16;;/h1-5,8-9,12,15,19H,6-7,10-11H2;2*1H. The number of rotatable bonds is 4. The van der Waals surface area contributed by atoms with E-state index >= 15 is 0 Å². The maximum absolute atomic E-state index is 5.64. The molecule has 1 atom stereocenters. The third kappa shape index (κ3) is 4.59. The molecule has 25 heavy (non-hydrogen) atoms. The van der Waals surface area contributed by atoms with E-state index in [0.29, 0.717) is 11.9 Å². The van der Waals surface area contributed by atoms with Gasteiger partial charge in [0.15, 0.2) is 0 Å². The Balaban J connectivity index is 0.00000113. The van der Waals surface area contributed by atoms with Crippen LogP contribution in [0.2, 0.25) is 0 Å². The highest BCUT2D eigenvalue weighted by atomic mass is 35.5. The fourth-order valence-electron chi connectivity index (χ4n) is 2.94. The number of nitrogens with one attached hydrogen (secondary N) is 1. The number of halogens is 2. The fourth-order valence-corrected chi connectivity index (χ4v) is 3.59. The Morgan fingerprint density at radius 3 is 2.96 bits per heavy atom. The van der Waals surface area contributed by atoms with Crippen molar-refractivity contribution in [2.45, 2.75) is 12.6 Å². The summed E-state index contributed by atoms with van der Waals surface area (Å²) in [6.45, 7) is 3.70. The lowest BCUT2D eigenvalue weighted by Crippen LogP contribution is -2.45. The van der Waals surface area contributed by atoms with Crippen molar-refractivity contribution in [3.8, 4) is 10.8 Å². The topological polar surface area (TPSA) is 54.2 Å². The van der Waals surface area contributed by atoms with Gasteiger partial charge in [-0.25, -0.2) is 4.98 Å². The molecule has 0 saturated carbocycles. The minimum absolute atomic E-state index is 0. The van der Waals surface area contributed by atoms with Crippen LogP contribution in [0, 0.1) is 0 Å². The number of hydrogen-bond acceptors (Lipinski definition) is 6. The van der Waals surface area contributed by atoms with Crippen molar-refractivity contribution < 1.29 is 4.42 Å². The summed E-state index contributed by atoms with van der Waals surface area (Å²) in [5.41, 5.74) is 2.21. The average molecular weight is 399 g/mol. The van der Waals surface area contributed by atoms with E-state index in [0.717, 1.165) is 36.8 Å². The molecule has 1 aliphatic heterocycles. The van der Waals surface area contributed by atoms with Gasteiger partial charge in [0.1, 0.15) is 6.26 Å². The predicted octanol–water partition coefficient (Wildman–Crippen LogP) is 3.79. The van der Waals surface area contributed by atoms with Gasteiger partial charge < -0.3 is 9.73 Å². The molecule has 134 valence electrons. The van der Waals surface area contributed by atoms with Crippen LogP contribution in [-0.2, 0) is 6.54 Å². The summed E-state index contributed by atoms with van der Waals surface area (Å²) in [6, 6.07) is 8.49. The van der Waals surface area contributed by atoms with E-state index < -0.39 is 0 Å². The van der Waals surface area contributed by atoms with Crippen LogP contribution in [0.3, 0.4) is 0 Å². The molecule has 3 aromatic heterocycles. The zero-order valence-corrected chi connectivity index (χ0v) is 15.9. The lowest BCUT2D eigenvalue weighted by Gasteiger charge is -2.35. The number of thiophene rings is 1. The van der Waals surface area contributed by atoms with Crippen LogP contribution in [0.5, 0.6) is 0 Å². The molecular formula is C17H20Cl2N4OS. The lowest BCUT2D eigenvalue weighted by molar-refractivity contribution is 0.151. The first-order valence-corrected chi connectivity index (χ1v) is 8.61. The van der Waals surface area contributed by atoms with Gasteiger partial charge in [0.25, 0.3) is 0 Å². The maximum Gasteiger partial charge on any atom is 0.236 e. The summed E-state index contributed by atoms with van der Waals surface area (Å²) in [5.74, 6) is 0.711. The highest BCUT2D eigenvalue weighted by Gasteiger charge is 2.25. The van der Waals surface area contributed by atoms with Gasteiger partial charge in [0, 0.05) is 44.6 Å². The van der Waals surface area contributed by atoms with Crippen molar-refractivity contribution in [1.29, 1.82) is 0 Å². The Morgan fingerprint density at radius 2 is 2.20 bits per heavy atom. The molecular weight excluding hydrogens is 379 g/mol. The summed E-state index contributed by atoms with van der Waals surface area (Å²) in [4.78, 5) is 12.4. The Hall–Kier alpha value is -1.44. The van der Waals surface area contributed by atoms with Crippen LogP contribution in [0.4, 0.5) is 0 Å². The molecule has 0 spiro atoms. The summed E-state index contributed by atoms with van der Waals surface area (Å²) in [7, 11) is 0. The minimum Gasteiger partial charge on any atom is -0.444 e. The molecule has 8 heteroatoms. The van der Waals surface area contributed by atoms with Crippen molar-refractivity contribution >= 4 is 36.2 Å². The third-order valence-corrected chi connectivity index (χ3v) is 4.93. The molecule has 4 heterocycles. The second-order valence-corrected chi connectivity index (χ2v) is 6.55. The monoisotopic (exact) mass is 398 g/mol. The van der Waals surface area contributed by atoms with Gasteiger partial charge in [0.2, 0.25) is 5.89 Å². The fraction of sp³-hybridized carbons (Fsp3) is 0.294. The largest absolute Gasteiger partial charge is 0.444 e. The lowest BCUT2D eigenvalue weighted by atomic mass is 10.1. The smallest absolute Gasteiger partial charge is 0.236 e. The quantitative estimate of drug-likeness (QED) is 0.724. The molecule has 5 nitrogen and oxygen atoms in total. The summed E-state index contributed by atoms with van der Waals surface area (Å²) in [5, 5.41) is 5.50. The van der Waals surface area contributed by atoms with E-state index in [4.69, 9.17) is 4.42 Å². The van der Waals surface area contributed by atoms with E-state index in [1.165, 1.54) is 5.56 Å². The number of nitrogens with zero attached hydrogens (tertiary/aromatic N) is 3. The molecule has 1 unspecified atom stereocenters. The van der Waals surface area contributed by atoms with Crippen LogP contribution < -0.4 is 5.32 Å². The number of pyridine rings is 1. The van der Waals surface area contributed by atoms with Crippen molar-refractivity contribution in [3.05, 3.63) is 59.6 Å². The van der Waals surface area contributed by atoms with Crippen LogP contribution >= 0.6 is 36.2 Å². The Kier molecular flexibility index (Phi) is 7.40. The van der Waals surface area contributed by atoms with Gasteiger partial charge in [-0.1, -0.05) is 12.1 Å². The molecule has 1 N–H and O–H groups in total. The van der Waals surface area contributed by atoms with Gasteiger partial charge in [-0.3, -0.25) is 9.88 Å². The Morgan fingerprint density at radius 1 is 1.28 bits per heavy atom. The predicted molar refractivity (Wildman–Crippen MR) is 105 cm³/mol. The van der Waals surface area contributed by atoms with Gasteiger partial charge >= 0.3 is 0 Å². The molecule has 0 aliphatic carbocycles. The normalized spacial score (nSPS) is 17.5. The molecule has 4 rings (SSSR count). The van der Waals surface area contributed by atoms with Crippen LogP contribution in [0.15, 0.2) is 52.7 Å². The summed E-state index contributed by atoms with van der Waals surface area (Å²) >= 11 is 1.64. The first kappa shape index (κ1) is 19.9. The SMILES string of the molecule is Cl.Cl.c1cncc(C2CNCCN2Cc2coc(-c3cccs3)n2)c1. The molecule has 0 amide bonds. The maximum atomic E-state index is 5.64.